The molecule has 1 heterocycles. The van der Waals surface area contributed by atoms with E-state index in [1.54, 1.807) is 7.11 Å². The Bertz CT molecular complexity index is 177. The second-order valence-corrected chi connectivity index (χ2v) is 5.59. The van der Waals surface area contributed by atoms with E-state index in [1.807, 2.05) is 0 Å². The first-order valence-electron chi connectivity index (χ1n) is 6.41. The van der Waals surface area contributed by atoms with Crippen molar-refractivity contribution in [2.24, 2.45) is 11.3 Å². The lowest BCUT2D eigenvalue weighted by Crippen LogP contribution is -2.35. The predicted molar refractivity (Wildman–Crippen MR) is 66.7 cm³/mol. The molecule has 0 radical (unpaired) electrons. The van der Waals surface area contributed by atoms with Gasteiger partial charge in [0.15, 0.2) is 0 Å². The Kier molecular flexibility index (Phi) is 6.32. The maximum atomic E-state index is 5.36. The minimum absolute atomic E-state index is 0.335. The van der Waals surface area contributed by atoms with Crippen LogP contribution in [0.4, 0.5) is 0 Å². The Hall–Kier alpha value is -0.120. The normalized spacial score (nSPS) is 18.9. The average molecular weight is 229 g/mol. The van der Waals surface area contributed by atoms with Crippen LogP contribution < -0.4 is 5.32 Å². The predicted octanol–water partition coefficient (Wildman–Crippen LogP) is 2.07. The summed E-state index contributed by atoms with van der Waals surface area (Å²) < 4.78 is 10.5. The molecule has 0 bridgehead atoms. The van der Waals surface area contributed by atoms with Gasteiger partial charge in [-0.15, -0.1) is 0 Å². The number of hydrogen-bond donors (Lipinski definition) is 1. The van der Waals surface area contributed by atoms with Crippen molar-refractivity contribution in [1.82, 2.24) is 5.32 Å². The van der Waals surface area contributed by atoms with Gasteiger partial charge in [0.25, 0.3) is 0 Å². The third kappa shape index (κ3) is 5.83. The van der Waals surface area contributed by atoms with E-state index in [2.05, 4.69) is 19.2 Å². The van der Waals surface area contributed by atoms with E-state index in [1.165, 1.54) is 12.8 Å². The maximum Gasteiger partial charge on any atom is 0.0469 e. The van der Waals surface area contributed by atoms with E-state index in [9.17, 15) is 0 Å². The van der Waals surface area contributed by atoms with Crippen LogP contribution in [0.2, 0.25) is 0 Å². The highest BCUT2D eigenvalue weighted by atomic mass is 16.5. The zero-order valence-corrected chi connectivity index (χ0v) is 11.1. The van der Waals surface area contributed by atoms with Gasteiger partial charge < -0.3 is 14.8 Å². The van der Waals surface area contributed by atoms with Crippen molar-refractivity contribution in [1.29, 1.82) is 0 Å². The molecule has 0 amide bonds. The molecule has 0 aromatic carbocycles. The van der Waals surface area contributed by atoms with Crippen LogP contribution in [0.15, 0.2) is 0 Å². The van der Waals surface area contributed by atoms with Crippen LogP contribution >= 0.6 is 0 Å². The van der Waals surface area contributed by atoms with Gasteiger partial charge in [-0.1, -0.05) is 13.8 Å². The fraction of sp³-hybridized carbons (Fsp3) is 1.00. The first-order valence-corrected chi connectivity index (χ1v) is 6.41. The van der Waals surface area contributed by atoms with Gasteiger partial charge in [0.1, 0.15) is 0 Å². The van der Waals surface area contributed by atoms with Crippen molar-refractivity contribution in [3.63, 3.8) is 0 Å². The van der Waals surface area contributed by atoms with E-state index in [-0.39, 0.29) is 0 Å². The number of nitrogens with one attached hydrogen (secondary N) is 1. The van der Waals surface area contributed by atoms with Gasteiger partial charge >= 0.3 is 0 Å². The van der Waals surface area contributed by atoms with Crippen molar-refractivity contribution < 1.29 is 9.47 Å². The van der Waals surface area contributed by atoms with Gasteiger partial charge in [0, 0.05) is 33.5 Å². The van der Waals surface area contributed by atoms with Gasteiger partial charge in [-0.25, -0.2) is 0 Å². The number of hydrogen-bond acceptors (Lipinski definition) is 3. The van der Waals surface area contributed by atoms with Crippen molar-refractivity contribution in [2.75, 3.05) is 40.0 Å². The fourth-order valence-corrected chi connectivity index (χ4v) is 2.03. The highest BCUT2D eigenvalue weighted by Crippen LogP contribution is 2.19. The molecule has 16 heavy (non-hydrogen) atoms. The Morgan fingerprint density at radius 2 is 2.00 bits per heavy atom. The molecular weight excluding hydrogens is 202 g/mol. The first-order chi connectivity index (χ1) is 7.64. The highest BCUT2D eigenvalue weighted by molar-refractivity contribution is 4.73. The molecule has 1 aliphatic rings. The summed E-state index contributed by atoms with van der Waals surface area (Å²) in [4.78, 5) is 0. The molecule has 0 unspecified atom stereocenters. The van der Waals surface area contributed by atoms with Gasteiger partial charge in [-0.2, -0.15) is 0 Å². The maximum absolute atomic E-state index is 5.36. The zero-order chi connectivity index (χ0) is 11.9. The molecule has 1 fully saturated rings. The summed E-state index contributed by atoms with van der Waals surface area (Å²) in [5, 5.41) is 3.59. The summed E-state index contributed by atoms with van der Waals surface area (Å²) >= 11 is 0. The van der Waals surface area contributed by atoms with E-state index in [0.717, 1.165) is 45.2 Å². The molecule has 1 saturated heterocycles. The van der Waals surface area contributed by atoms with E-state index >= 15 is 0 Å². The summed E-state index contributed by atoms with van der Waals surface area (Å²) in [6.07, 6.45) is 3.54. The van der Waals surface area contributed by atoms with Crippen LogP contribution in [-0.2, 0) is 9.47 Å². The van der Waals surface area contributed by atoms with E-state index < -0.39 is 0 Å². The lowest BCUT2D eigenvalue weighted by molar-refractivity contribution is 0.0651. The molecule has 0 aliphatic carbocycles. The minimum atomic E-state index is 0.335. The van der Waals surface area contributed by atoms with Crippen LogP contribution in [-0.4, -0.2) is 40.0 Å². The summed E-state index contributed by atoms with van der Waals surface area (Å²) in [6, 6.07) is 0. The summed E-state index contributed by atoms with van der Waals surface area (Å²) in [5.41, 5.74) is 0.335. The topological polar surface area (TPSA) is 30.5 Å². The van der Waals surface area contributed by atoms with E-state index in [4.69, 9.17) is 9.47 Å². The largest absolute Gasteiger partial charge is 0.385 e. The Morgan fingerprint density at radius 1 is 1.31 bits per heavy atom. The molecule has 96 valence electrons. The Morgan fingerprint density at radius 3 is 2.62 bits per heavy atom. The molecule has 1 aliphatic heterocycles. The van der Waals surface area contributed by atoms with Crippen LogP contribution in [0.1, 0.15) is 33.1 Å². The van der Waals surface area contributed by atoms with Gasteiger partial charge in [-0.05, 0) is 37.1 Å². The molecule has 0 aromatic heterocycles. The Labute approximate surface area is 99.9 Å². The molecule has 0 aromatic rings. The summed E-state index contributed by atoms with van der Waals surface area (Å²) in [5.74, 6) is 0.812. The average Bonchev–Trinajstić information content (AvgIpc) is 2.28. The standard InChI is InChI=1S/C13H27NO2/c1-13(2,6-9-15-3)11-14-10-12-4-7-16-8-5-12/h12,14H,4-11H2,1-3H3. The van der Waals surface area contributed by atoms with Crippen molar-refractivity contribution >= 4 is 0 Å². The van der Waals surface area contributed by atoms with Crippen molar-refractivity contribution in [2.45, 2.75) is 33.1 Å². The summed E-state index contributed by atoms with van der Waals surface area (Å²) in [7, 11) is 1.77. The molecule has 0 saturated carbocycles. The molecule has 0 spiro atoms. The smallest absolute Gasteiger partial charge is 0.0469 e. The van der Waals surface area contributed by atoms with Crippen molar-refractivity contribution in [3.05, 3.63) is 0 Å². The SMILES string of the molecule is COCCC(C)(C)CNCC1CCOCC1. The van der Waals surface area contributed by atoms with Crippen molar-refractivity contribution in [3.8, 4) is 0 Å². The van der Waals surface area contributed by atoms with Crippen LogP contribution in [0.5, 0.6) is 0 Å². The highest BCUT2D eigenvalue weighted by Gasteiger charge is 2.18. The summed E-state index contributed by atoms with van der Waals surface area (Å²) in [6.45, 7) is 9.55. The molecule has 3 nitrogen and oxygen atoms in total. The van der Waals surface area contributed by atoms with Crippen LogP contribution in [0, 0.1) is 11.3 Å². The first kappa shape index (κ1) is 13.9. The molecule has 3 heteroatoms. The monoisotopic (exact) mass is 229 g/mol. The van der Waals surface area contributed by atoms with Crippen LogP contribution in [0.3, 0.4) is 0 Å². The molecule has 0 atom stereocenters. The third-order valence-electron chi connectivity index (χ3n) is 3.36. The second kappa shape index (κ2) is 7.25. The molecule has 1 rings (SSSR count). The fourth-order valence-electron chi connectivity index (χ4n) is 2.03. The number of methoxy groups -OCH3 is 1. The quantitative estimate of drug-likeness (QED) is 0.725. The number of ether oxygens (including phenoxy) is 2. The third-order valence-corrected chi connectivity index (χ3v) is 3.36. The molecule has 1 N–H and O–H groups in total. The minimum Gasteiger partial charge on any atom is -0.385 e. The second-order valence-electron chi connectivity index (χ2n) is 5.59. The number of rotatable bonds is 7. The van der Waals surface area contributed by atoms with Crippen LogP contribution in [0.25, 0.3) is 0 Å². The van der Waals surface area contributed by atoms with Gasteiger partial charge in [-0.3, -0.25) is 0 Å². The van der Waals surface area contributed by atoms with E-state index in [0.29, 0.717) is 5.41 Å². The lowest BCUT2D eigenvalue weighted by Gasteiger charge is -2.27. The Balaban J connectivity index is 2.08. The molecular formula is C13H27NO2. The lowest BCUT2D eigenvalue weighted by atomic mass is 9.89. The zero-order valence-electron chi connectivity index (χ0n) is 11.1. The van der Waals surface area contributed by atoms with Gasteiger partial charge in [0.2, 0.25) is 0 Å². The van der Waals surface area contributed by atoms with Gasteiger partial charge in [0.05, 0.1) is 0 Å².